The van der Waals surface area contributed by atoms with Crippen LogP contribution in [0.25, 0.3) is 6.08 Å². The van der Waals surface area contributed by atoms with Crippen molar-refractivity contribution < 1.29 is 23.9 Å². The van der Waals surface area contributed by atoms with E-state index in [1.807, 2.05) is 20.8 Å². The van der Waals surface area contributed by atoms with Gasteiger partial charge in [0, 0.05) is 13.1 Å². The molecule has 3 amide bonds. The molecule has 2 heterocycles. The Morgan fingerprint density at radius 3 is 2.59 bits per heavy atom. The maximum absolute atomic E-state index is 12.8. The lowest BCUT2D eigenvalue weighted by Gasteiger charge is -2.27. The summed E-state index contributed by atoms with van der Waals surface area (Å²) in [4.78, 5) is 40.8. The maximum atomic E-state index is 12.8. The number of imide groups is 1. The van der Waals surface area contributed by atoms with Crippen LogP contribution in [0, 0.1) is 0 Å². The van der Waals surface area contributed by atoms with Gasteiger partial charge in [-0.05, 0) is 75.1 Å². The average Bonchev–Trinajstić information content (AvgIpc) is 3.04. The molecule has 0 bridgehead atoms. The molecule has 2 aliphatic heterocycles. The van der Waals surface area contributed by atoms with Gasteiger partial charge < -0.3 is 14.4 Å². The van der Waals surface area contributed by atoms with Crippen molar-refractivity contribution in [1.82, 2.24) is 9.80 Å². The van der Waals surface area contributed by atoms with Gasteiger partial charge in [-0.1, -0.05) is 18.5 Å². The number of nitrogens with zero attached hydrogens (tertiary/aromatic N) is 2. The number of rotatable bonds is 8. The predicted molar refractivity (Wildman–Crippen MR) is 126 cm³/mol. The highest BCUT2D eigenvalue weighted by atomic mass is 35.5. The number of piperidine rings is 1. The highest BCUT2D eigenvalue weighted by Gasteiger charge is 2.37. The van der Waals surface area contributed by atoms with Gasteiger partial charge >= 0.3 is 0 Å². The largest absolute Gasteiger partial charge is 0.490 e. The molecule has 3 rings (SSSR count). The molecule has 1 atom stereocenters. The van der Waals surface area contributed by atoms with Crippen molar-refractivity contribution in [2.24, 2.45) is 0 Å². The molecule has 0 spiro atoms. The third-order valence-electron chi connectivity index (χ3n) is 5.40. The zero-order valence-electron chi connectivity index (χ0n) is 18.7. The van der Waals surface area contributed by atoms with E-state index >= 15 is 0 Å². The minimum Gasteiger partial charge on any atom is -0.490 e. The van der Waals surface area contributed by atoms with Crippen LogP contribution >= 0.6 is 23.4 Å². The van der Waals surface area contributed by atoms with E-state index in [4.69, 9.17) is 21.1 Å². The number of hydrogen-bond acceptors (Lipinski definition) is 6. The lowest BCUT2D eigenvalue weighted by atomic mass is 10.1. The number of hydrogen-bond donors (Lipinski definition) is 0. The maximum Gasteiger partial charge on any atom is 0.294 e. The second kappa shape index (κ2) is 11.1. The number of halogens is 1. The van der Waals surface area contributed by atoms with Crippen molar-refractivity contribution in [3.63, 3.8) is 0 Å². The van der Waals surface area contributed by atoms with E-state index in [-0.39, 0.29) is 23.5 Å². The van der Waals surface area contributed by atoms with Gasteiger partial charge in [-0.2, -0.15) is 0 Å². The Labute approximate surface area is 198 Å². The molecule has 7 nitrogen and oxygen atoms in total. The van der Waals surface area contributed by atoms with Gasteiger partial charge in [0.05, 0.1) is 22.6 Å². The zero-order valence-corrected chi connectivity index (χ0v) is 20.3. The molecule has 1 unspecified atom stereocenters. The number of thioether (sulfide) groups is 1. The molecule has 0 aromatic heterocycles. The van der Waals surface area contributed by atoms with Crippen LogP contribution in [0.15, 0.2) is 17.0 Å². The van der Waals surface area contributed by atoms with Gasteiger partial charge in [-0.15, -0.1) is 0 Å². The number of carbonyl (C=O) groups excluding carboxylic acids is 3. The Morgan fingerprint density at radius 1 is 1.22 bits per heavy atom. The van der Waals surface area contributed by atoms with E-state index in [9.17, 15) is 14.4 Å². The van der Waals surface area contributed by atoms with Crippen LogP contribution < -0.4 is 9.47 Å². The molecule has 2 saturated heterocycles. The topological polar surface area (TPSA) is 76.2 Å². The van der Waals surface area contributed by atoms with Crippen molar-refractivity contribution >= 4 is 46.5 Å². The van der Waals surface area contributed by atoms with Crippen molar-refractivity contribution in [1.29, 1.82) is 0 Å². The number of carbonyl (C=O) groups is 3. The third-order valence-corrected chi connectivity index (χ3v) is 6.59. The normalized spacial score (nSPS) is 18.9. The second-order valence-electron chi connectivity index (χ2n) is 7.81. The molecule has 2 aliphatic rings. The number of amides is 3. The molecule has 1 aromatic carbocycles. The lowest BCUT2D eigenvalue weighted by Crippen LogP contribution is -2.44. The first kappa shape index (κ1) is 24.5. The molecular formula is C23H29ClN2O5S. The fraction of sp³-hybridized carbons (Fsp3) is 0.522. The fourth-order valence-electron chi connectivity index (χ4n) is 3.50. The molecular weight excluding hydrogens is 452 g/mol. The standard InChI is InChI=1S/C23H29ClN2O5S/c1-4-15(3)31-21-17(24)11-16(12-18(21)30-5-2)13-19-22(28)26(23(29)32-19)14-20(27)25-9-7-6-8-10-25/h11-13,15H,4-10,14H2,1-3H3/b19-13-. The molecule has 0 radical (unpaired) electrons. The van der Waals surface area contributed by atoms with Crippen LogP contribution in [0.5, 0.6) is 11.5 Å². The van der Waals surface area contributed by atoms with Crippen LogP contribution in [-0.2, 0) is 9.59 Å². The first-order chi connectivity index (χ1) is 15.3. The Morgan fingerprint density at radius 2 is 1.94 bits per heavy atom. The summed E-state index contributed by atoms with van der Waals surface area (Å²) in [6.45, 7) is 7.36. The third kappa shape index (κ3) is 5.78. The molecule has 0 aliphatic carbocycles. The van der Waals surface area contributed by atoms with Crippen molar-refractivity contribution in [3.8, 4) is 11.5 Å². The van der Waals surface area contributed by atoms with Gasteiger partial charge in [-0.25, -0.2) is 0 Å². The average molecular weight is 481 g/mol. The van der Waals surface area contributed by atoms with E-state index < -0.39 is 11.1 Å². The summed E-state index contributed by atoms with van der Waals surface area (Å²) >= 11 is 7.27. The monoisotopic (exact) mass is 480 g/mol. The summed E-state index contributed by atoms with van der Waals surface area (Å²) in [5.74, 6) is 0.271. The number of benzene rings is 1. The highest BCUT2D eigenvalue weighted by Crippen LogP contribution is 2.39. The van der Waals surface area contributed by atoms with Gasteiger partial charge in [0.25, 0.3) is 11.1 Å². The fourth-order valence-corrected chi connectivity index (χ4v) is 4.60. The van der Waals surface area contributed by atoms with E-state index in [1.165, 1.54) is 0 Å². The SMILES string of the molecule is CCOc1cc(/C=C2\SC(=O)N(CC(=O)N3CCCCC3)C2=O)cc(Cl)c1OC(C)CC. The van der Waals surface area contributed by atoms with Gasteiger partial charge in [-0.3, -0.25) is 19.3 Å². The zero-order chi connectivity index (χ0) is 23.3. The summed E-state index contributed by atoms with van der Waals surface area (Å²) in [6, 6.07) is 3.41. The van der Waals surface area contributed by atoms with Crippen molar-refractivity contribution in [2.75, 3.05) is 26.2 Å². The summed E-state index contributed by atoms with van der Waals surface area (Å²) in [5.41, 5.74) is 0.614. The molecule has 0 N–H and O–H groups in total. The quantitative estimate of drug-likeness (QED) is 0.489. The van der Waals surface area contributed by atoms with Crippen molar-refractivity contribution in [2.45, 2.75) is 52.6 Å². The van der Waals surface area contributed by atoms with Gasteiger partial charge in [0.15, 0.2) is 11.5 Å². The van der Waals surface area contributed by atoms with Crippen LogP contribution in [0.1, 0.15) is 52.0 Å². The smallest absolute Gasteiger partial charge is 0.294 e. The molecule has 0 saturated carbocycles. The summed E-state index contributed by atoms with van der Waals surface area (Å²) in [6.07, 6.45) is 5.37. The van der Waals surface area contributed by atoms with Crippen LogP contribution in [0.3, 0.4) is 0 Å². The predicted octanol–water partition coefficient (Wildman–Crippen LogP) is 4.96. The molecule has 174 valence electrons. The number of ether oxygens (including phenoxy) is 2. The van der Waals surface area contributed by atoms with E-state index in [0.717, 1.165) is 42.3 Å². The van der Waals surface area contributed by atoms with Crippen LogP contribution in [0.4, 0.5) is 4.79 Å². The summed E-state index contributed by atoms with van der Waals surface area (Å²) in [5, 5.41) is -0.0820. The summed E-state index contributed by atoms with van der Waals surface area (Å²) < 4.78 is 11.6. The molecule has 32 heavy (non-hydrogen) atoms. The van der Waals surface area contributed by atoms with Gasteiger partial charge in [0.1, 0.15) is 6.54 Å². The first-order valence-electron chi connectivity index (χ1n) is 11.0. The van der Waals surface area contributed by atoms with E-state index in [2.05, 4.69) is 0 Å². The Hall–Kier alpha value is -2.19. The van der Waals surface area contributed by atoms with E-state index in [0.29, 0.717) is 41.8 Å². The number of likely N-dealkylation sites (tertiary alicyclic amines) is 1. The Kier molecular flexibility index (Phi) is 8.48. The van der Waals surface area contributed by atoms with Crippen LogP contribution in [0.2, 0.25) is 5.02 Å². The van der Waals surface area contributed by atoms with Crippen LogP contribution in [-0.4, -0.2) is 59.2 Å². The van der Waals surface area contributed by atoms with Gasteiger partial charge in [0.2, 0.25) is 5.91 Å². The highest BCUT2D eigenvalue weighted by molar-refractivity contribution is 8.18. The van der Waals surface area contributed by atoms with E-state index in [1.54, 1.807) is 23.1 Å². The Bertz CT molecular complexity index is 914. The molecule has 1 aromatic rings. The van der Waals surface area contributed by atoms with Crippen molar-refractivity contribution in [3.05, 3.63) is 27.6 Å². The molecule has 2 fully saturated rings. The lowest BCUT2D eigenvalue weighted by molar-refractivity contribution is -0.136. The second-order valence-corrected chi connectivity index (χ2v) is 9.21. The minimum absolute atomic E-state index is 0.0357. The Balaban J connectivity index is 1.79. The minimum atomic E-state index is -0.473. The first-order valence-corrected chi connectivity index (χ1v) is 12.2. The molecule has 9 heteroatoms. The summed E-state index contributed by atoms with van der Waals surface area (Å²) in [7, 11) is 0.